The first-order valence-corrected chi connectivity index (χ1v) is 8.25. The van der Waals surface area contributed by atoms with Crippen LogP contribution in [-0.2, 0) is 11.2 Å². The zero-order valence-electron chi connectivity index (χ0n) is 12.5. The lowest BCUT2D eigenvalue weighted by molar-refractivity contribution is -0.151. The Balaban J connectivity index is 1.71. The van der Waals surface area contributed by atoms with Gasteiger partial charge in [-0.2, -0.15) is 4.98 Å². The lowest BCUT2D eigenvalue weighted by Gasteiger charge is -2.31. The van der Waals surface area contributed by atoms with Crippen molar-refractivity contribution in [3.63, 3.8) is 0 Å². The van der Waals surface area contributed by atoms with Gasteiger partial charge in [0.25, 0.3) is 0 Å². The predicted octanol–water partition coefficient (Wildman–Crippen LogP) is 3.69. The van der Waals surface area contributed by atoms with E-state index in [9.17, 15) is 9.90 Å². The zero-order valence-corrected chi connectivity index (χ0v) is 12.5. The Morgan fingerprint density at radius 1 is 1.14 bits per heavy atom. The Hall–Kier alpha value is -1.39. The van der Waals surface area contributed by atoms with E-state index in [1.54, 1.807) is 0 Å². The summed E-state index contributed by atoms with van der Waals surface area (Å²) in [7, 11) is 0. The fourth-order valence-corrected chi connectivity index (χ4v) is 3.85. The molecule has 5 nitrogen and oxygen atoms in total. The van der Waals surface area contributed by atoms with Crippen LogP contribution in [0.15, 0.2) is 4.52 Å². The molecule has 2 saturated carbocycles. The first-order valence-electron chi connectivity index (χ1n) is 8.25. The van der Waals surface area contributed by atoms with Crippen LogP contribution in [0.4, 0.5) is 0 Å². The van der Waals surface area contributed by atoms with Crippen LogP contribution in [0.1, 0.15) is 81.8 Å². The van der Waals surface area contributed by atoms with Crippen LogP contribution in [0, 0.1) is 5.41 Å². The number of aliphatic carboxylic acids is 1. The molecule has 5 heteroatoms. The fraction of sp³-hybridized carbons (Fsp3) is 0.812. The van der Waals surface area contributed by atoms with E-state index in [2.05, 4.69) is 10.1 Å². The minimum atomic E-state index is -0.709. The summed E-state index contributed by atoms with van der Waals surface area (Å²) >= 11 is 0. The summed E-state index contributed by atoms with van der Waals surface area (Å²) in [5.74, 6) is 1.00. The second-order valence-electron chi connectivity index (χ2n) is 6.70. The van der Waals surface area contributed by atoms with Crippen molar-refractivity contribution in [3.8, 4) is 0 Å². The molecule has 0 unspecified atom stereocenters. The number of carboxylic acids is 1. The molecule has 1 aromatic rings. The molecular formula is C16H24N2O3. The van der Waals surface area contributed by atoms with E-state index in [0.29, 0.717) is 18.2 Å². The summed E-state index contributed by atoms with van der Waals surface area (Å²) < 4.78 is 5.37. The molecule has 3 rings (SSSR count). The molecule has 0 bridgehead atoms. The van der Waals surface area contributed by atoms with E-state index in [1.165, 1.54) is 19.3 Å². The van der Waals surface area contributed by atoms with Crippen molar-refractivity contribution in [3.05, 3.63) is 11.7 Å². The SMILES string of the molecule is O=C(O)C1(Cc2nc(C3CCCCC3)no2)CCCCC1. The Kier molecular flexibility index (Phi) is 4.27. The van der Waals surface area contributed by atoms with Crippen LogP contribution in [0.25, 0.3) is 0 Å². The molecule has 0 spiro atoms. The highest BCUT2D eigenvalue weighted by molar-refractivity contribution is 5.75. The molecule has 2 aliphatic carbocycles. The third-order valence-electron chi connectivity index (χ3n) is 5.21. The Morgan fingerprint density at radius 2 is 1.81 bits per heavy atom. The summed E-state index contributed by atoms with van der Waals surface area (Å²) in [4.78, 5) is 16.2. The minimum absolute atomic E-state index is 0.391. The predicted molar refractivity (Wildman–Crippen MR) is 77.0 cm³/mol. The van der Waals surface area contributed by atoms with Gasteiger partial charge >= 0.3 is 5.97 Å². The number of aromatic nitrogens is 2. The standard InChI is InChI=1S/C16H24N2O3/c19-15(20)16(9-5-2-6-10-16)11-13-17-14(18-21-13)12-7-3-1-4-8-12/h12H,1-11H2,(H,19,20). The van der Waals surface area contributed by atoms with Crippen molar-refractivity contribution in [2.45, 2.75) is 76.5 Å². The molecule has 1 aromatic heterocycles. The van der Waals surface area contributed by atoms with Crippen molar-refractivity contribution in [2.75, 3.05) is 0 Å². The van der Waals surface area contributed by atoms with Crippen LogP contribution in [-0.4, -0.2) is 21.2 Å². The fourth-order valence-electron chi connectivity index (χ4n) is 3.85. The van der Waals surface area contributed by atoms with Crippen LogP contribution in [0.2, 0.25) is 0 Å². The van der Waals surface area contributed by atoms with E-state index in [4.69, 9.17) is 4.52 Å². The molecule has 2 fully saturated rings. The van der Waals surface area contributed by atoms with Gasteiger partial charge in [-0.3, -0.25) is 4.79 Å². The molecule has 0 amide bonds. The summed E-state index contributed by atoms with van der Waals surface area (Å²) in [5, 5.41) is 13.7. The van der Waals surface area contributed by atoms with Gasteiger partial charge in [0, 0.05) is 12.3 Å². The number of carbonyl (C=O) groups is 1. The van der Waals surface area contributed by atoms with Gasteiger partial charge in [0.2, 0.25) is 5.89 Å². The highest BCUT2D eigenvalue weighted by Gasteiger charge is 2.41. The number of nitrogens with zero attached hydrogens (tertiary/aromatic N) is 2. The smallest absolute Gasteiger partial charge is 0.310 e. The molecule has 0 saturated heterocycles. The second kappa shape index (κ2) is 6.16. The third-order valence-corrected chi connectivity index (χ3v) is 5.21. The molecule has 1 heterocycles. The average molecular weight is 292 g/mol. The quantitative estimate of drug-likeness (QED) is 0.915. The number of hydrogen-bond acceptors (Lipinski definition) is 4. The first kappa shape index (κ1) is 14.5. The topological polar surface area (TPSA) is 76.2 Å². The Bertz CT molecular complexity index is 485. The van der Waals surface area contributed by atoms with Crippen LogP contribution in [0.3, 0.4) is 0 Å². The monoisotopic (exact) mass is 292 g/mol. The molecular weight excluding hydrogens is 268 g/mol. The van der Waals surface area contributed by atoms with Crippen molar-refractivity contribution >= 4 is 5.97 Å². The first-order chi connectivity index (χ1) is 10.2. The van der Waals surface area contributed by atoms with Crippen LogP contribution < -0.4 is 0 Å². The molecule has 21 heavy (non-hydrogen) atoms. The molecule has 0 radical (unpaired) electrons. The van der Waals surface area contributed by atoms with Gasteiger partial charge in [0.05, 0.1) is 5.41 Å². The van der Waals surface area contributed by atoms with Gasteiger partial charge in [-0.05, 0) is 25.7 Å². The summed E-state index contributed by atoms with van der Waals surface area (Å²) in [6.07, 6.45) is 10.9. The van der Waals surface area contributed by atoms with Gasteiger partial charge in [0.15, 0.2) is 5.82 Å². The molecule has 0 atom stereocenters. The molecule has 0 aromatic carbocycles. The number of carboxylic acid groups (broad SMARTS) is 1. The minimum Gasteiger partial charge on any atom is -0.481 e. The van der Waals surface area contributed by atoms with Crippen LogP contribution in [0.5, 0.6) is 0 Å². The van der Waals surface area contributed by atoms with Crippen molar-refractivity contribution in [2.24, 2.45) is 5.41 Å². The van der Waals surface area contributed by atoms with Gasteiger partial charge in [-0.15, -0.1) is 0 Å². The summed E-state index contributed by atoms with van der Waals surface area (Å²) in [6.45, 7) is 0. The van der Waals surface area contributed by atoms with E-state index in [1.807, 2.05) is 0 Å². The molecule has 1 N–H and O–H groups in total. The lowest BCUT2D eigenvalue weighted by Crippen LogP contribution is -2.35. The maximum absolute atomic E-state index is 11.7. The maximum atomic E-state index is 11.7. The highest BCUT2D eigenvalue weighted by atomic mass is 16.5. The Labute approximate surface area is 125 Å². The zero-order chi connectivity index (χ0) is 14.7. The summed E-state index contributed by atoms with van der Waals surface area (Å²) in [5.41, 5.74) is -0.686. The van der Waals surface area contributed by atoms with Crippen molar-refractivity contribution in [1.82, 2.24) is 10.1 Å². The van der Waals surface area contributed by atoms with Gasteiger partial charge in [-0.1, -0.05) is 43.7 Å². The van der Waals surface area contributed by atoms with Gasteiger partial charge in [-0.25, -0.2) is 0 Å². The van der Waals surface area contributed by atoms with E-state index in [0.717, 1.165) is 50.8 Å². The van der Waals surface area contributed by atoms with Crippen LogP contribution >= 0.6 is 0 Å². The van der Waals surface area contributed by atoms with Gasteiger partial charge < -0.3 is 9.63 Å². The van der Waals surface area contributed by atoms with E-state index < -0.39 is 11.4 Å². The average Bonchev–Trinajstić information content (AvgIpc) is 2.97. The molecule has 2 aliphatic rings. The highest BCUT2D eigenvalue weighted by Crippen LogP contribution is 2.39. The molecule has 0 aliphatic heterocycles. The Morgan fingerprint density at radius 3 is 2.48 bits per heavy atom. The molecule has 116 valence electrons. The van der Waals surface area contributed by atoms with Crippen molar-refractivity contribution in [1.29, 1.82) is 0 Å². The third kappa shape index (κ3) is 3.11. The van der Waals surface area contributed by atoms with Crippen molar-refractivity contribution < 1.29 is 14.4 Å². The largest absolute Gasteiger partial charge is 0.481 e. The lowest BCUT2D eigenvalue weighted by atomic mass is 9.72. The number of hydrogen-bond donors (Lipinski definition) is 1. The second-order valence-corrected chi connectivity index (χ2v) is 6.70. The normalized spacial score (nSPS) is 23.0. The van der Waals surface area contributed by atoms with E-state index >= 15 is 0 Å². The van der Waals surface area contributed by atoms with E-state index in [-0.39, 0.29) is 0 Å². The maximum Gasteiger partial charge on any atom is 0.310 e. The summed E-state index contributed by atoms with van der Waals surface area (Å²) in [6, 6.07) is 0. The number of rotatable bonds is 4. The van der Waals surface area contributed by atoms with Gasteiger partial charge in [0.1, 0.15) is 0 Å².